The average molecular weight is 335 g/mol. The Morgan fingerprint density at radius 1 is 1.35 bits per heavy atom. The van der Waals surface area contributed by atoms with Gasteiger partial charge in [0.25, 0.3) is 0 Å². The van der Waals surface area contributed by atoms with Gasteiger partial charge in [0.05, 0.1) is 12.3 Å². The van der Waals surface area contributed by atoms with Crippen molar-refractivity contribution in [1.29, 1.82) is 0 Å². The molecule has 0 aliphatic heterocycles. The molecule has 0 N–H and O–H groups in total. The van der Waals surface area contributed by atoms with E-state index in [1.807, 2.05) is 24.3 Å². The first-order chi connectivity index (χ1) is 9.65. The summed E-state index contributed by atoms with van der Waals surface area (Å²) in [5, 5.41) is 2.80. The van der Waals surface area contributed by atoms with Crippen LogP contribution in [0.2, 0.25) is 0 Å². The third kappa shape index (κ3) is 3.08. The summed E-state index contributed by atoms with van der Waals surface area (Å²) >= 11 is 3.37. The minimum Gasteiger partial charge on any atom is -0.461 e. The molecule has 0 spiro atoms. The van der Waals surface area contributed by atoms with Crippen molar-refractivity contribution >= 4 is 27.6 Å². The number of nitroso groups, excluding NO2 is 1. The van der Waals surface area contributed by atoms with Crippen LogP contribution in [0.5, 0.6) is 0 Å². The second kappa shape index (κ2) is 6.38. The van der Waals surface area contributed by atoms with Crippen molar-refractivity contribution in [2.45, 2.75) is 6.92 Å². The van der Waals surface area contributed by atoms with Gasteiger partial charge in [0.15, 0.2) is 5.69 Å². The summed E-state index contributed by atoms with van der Waals surface area (Å²) in [6, 6.07) is 10.6. The van der Waals surface area contributed by atoms with Gasteiger partial charge in [-0.2, -0.15) is 0 Å². The Labute approximate surface area is 124 Å². The summed E-state index contributed by atoms with van der Waals surface area (Å²) in [5.74, 6) is -0.654. The number of halogens is 1. The number of rotatable bonds is 4. The Morgan fingerprint density at radius 2 is 2.15 bits per heavy atom. The Hall–Kier alpha value is -2.08. The Bertz CT molecular complexity index is 659. The number of carbonyl (C=O) groups excluding carboxylic acids is 1. The molecule has 0 fully saturated rings. The van der Waals surface area contributed by atoms with E-state index in [9.17, 15) is 9.70 Å². The molecule has 6 heteroatoms. The van der Waals surface area contributed by atoms with Gasteiger partial charge < -0.3 is 4.74 Å². The molecule has 102 valence electrons. The molecule has 20 heavy (non-hydrogen) atoms. The number of hydrogen-bond donors (Lipinski definition) is 0. The van der Waals surface area contributed by atoms with Crippen LogP contribution in [0.1, 0.15) is 17.4 Å². The molecule has 0 unspecified atom stereocenters. The van der Waals surface area contributed by atoms with Crippen LogP contribution in [0.4, 0.5) is 5.69 Å². The number of esters is 1. The van der Waals surface area contributed by atoms with Gasteiger partial charge in [0.1, 0.15) is 5.69 Å². The van der Waals surface area contributed by atoms with E-state index < -0.39 is 5.97 Å². The van der Waals surface area contributed by atoms with Gasteiger partial charge in [-0.3, -0.25) is 0 Å². The fourth-order valence-electron chi connectivity index (χ4n) is 1.68. The second-order valence-electron chi connectivity index (χ2n) is 3.89. The molecule has 0 aliphatic carbocycles. The van der Waals surface area contributed by atoms with Crippen LogP contribution in [0.3, 0.4) is 0 Å². The van der Waals surface area contributed by atoms with Crippen molar-refractivity contribution in [2.75, 3.05) is 6.61 Å². The van der Waals surface area contributed by atoms with Crippen LogP contribution < -0.4 is 0 Å². The molecule has 0 aliphatic rings. The van der Waals surface area contributed by atoms with E-state index in [0.29, 0.717) is 5.69 Å². The lowest BCUT2D eigenvalue weighted by Crippen LogP contribution is -2.08. The van der Waals surface area contributed by atoms with Gasteiger partial charge in [-0.1, -0.05) is 28.1 Å². The molecule has 2 rings (SSSR count). The van der Waals surface area contributed by atoms with Crippen molar-refractivity contribution < 1.29 is 9.53 Å². The zero-order chi connectivity index (χ0) is 14.5. The number of pyridine rings is 1. The Kier molecular flexibility index (Phi) is 4.57. The summed E-state index contributed by atoms with van der Waals surface area (Å²) in [4.78, 5) is 26.7. The monoisotopic (exact) mass is 334 g/mol. The van der Waals surface area contributed by atoms with Gasteiger partial charge in [-0.15, -0.1) is 4.91 Å². The fourth-order valence-corrected chi connectivity index (χ4v) is 2.08. The van der Waals surface area contributed by atoms with Gasteiger partial charge in [0.2, 0.25) is 0 Å². The predicted octanol–water partition coefficient (Wildman–Crippen LogP) is 4.09. The molecule has 1 heterocycles. The number of ether oxygens (including phenoxy) is 1. The summed E-state index contributed by atoms with van der Waals surface area (Å²) in [5.41, 5.74) is 1.30. The van der Waals surface area contributed by atoms with E-state index in [1.165, 1.54) is 6.07 Å². The normalized spacial score (nSPS) is 10.1. The van der Waals surface area contributed by atoms with Gasteiger partial charge >= 0.3 is 5.97 Å². The van der Waals surface area contributed by atoms with E-state index >= 15 is 0 Å². The van der Waals surface area contributed by atoms with E-state index in [0.717, 1.165) is 10.0 Å². The smallest absolute Gasteiger partial charge is 0.359 e. The van der Waals surface area contributed by atoms with Crippen LogP contribution in [-0.2, 0) is 4.74 Å². The molecule has 0 bridgehead atoms. The lowest BCUT2D eigenvalue weighted by Gasteiger charge is -2.06. The maximum absolute atomic E-state index is 11.8. The molecule has 0 amide bonds. The van der Waals surface area contributed by atoms with Gasteiger partial charge in [0, 0.05) is 10.0 Å². The topological polar surface area (TPSA) is 68.6 Å². The minimum absolute atomic E-state index is 0.0257. The number of carbonyl (C=O) groups is 1. The van der Waals surface area contributed by atoms with Crippen LogP contribution in [-0.4, -0.2) is 17.6 Å². The quantitative estimate of drug-likeness (QED) is 0.623. The standard InChI is InChI=1S/C14H11BrN2O3/c1-2-20-14(18)13-12(17-19)7-6-11(16-13)9-4-3-5-10(15)8-9/h3-8H,2H2,1H3. The lowest BCUT2D eigenvalue weighted by atomic mass is 10.1. The molecule has 0 radical (unpaired) electrons. The average Bonchev–Trinajstić information content (AvgIpc) is 2.47. The highest BCUT2D eigenvalue weighted by Crippen LogP contribution is 2.26. The summed E-state index contributed by atoms with van der Waals surface area (Å²) in [7, 11) is 0. The summed E-state index contributed by atoms with van der Waals surface area (Å²) in [6.07, 6.45) is 0. The molecule has 5 nitrogen and oxygen atoms in total. The molecule has 1 aromatic heterocycles. The van der Waals surface area contributed by atoms with Crippen molar-refractivity contribution in [2.24, 2.45) is 5.18 Å². The first kappa shape index (κ1) is 14.3. The highest BCUT2D eigenvalue weighted by Gasteiger charge is 2.16. The minimum atomic E-state index is -0.654. The third-order valence-electron chi connectivity index (χ3n) is 2.56. The van der Waals surface area contributed by atoms with Crippen LogP contribution in [0, 0.1) is 4.91 Å². The van der Waals surface area contributed by atoms with Crippen LogP contribution in [0.15, 0.2) is 46.0 Å². The molecular formula is C14H11BrN2O3. The fraction of sp³-hybridized carbons (Fsp3) is 0.143. The maximum Gasteiger partial charge on any atom is 0.359 e. The zero-order valence-electron chi connectivity index (χ0n) is 10.7. The maximum atomic E-state index is 11.8. The van der Waals surface area contributed by atoms with Gasteiger partial charge in [-0.05, 0) is 36.4 Å². The second-order valence-corrected chi connectivity index (χ2v) is 4.80. The number of aromatic nitrogens is 1. The molecular weight excluding hydrogens is 324 g/mol. The molecule has 2 aromatic rings. The van der Waals surface area contributed by atoms with Crippen molar-refractivity contribution in [3.8, 4) is 11.3 Å². The third-order valence-corrected chi connectivity index (χ3v) is 3.05. The first-order valence-electron chi connectivity index (χ1n) is 5.93. The number of nitrogens with zero attached hydrogens (tertiary/aromatic N) is 2. The van der Waals surface area contributed by atoms with E-state index in [4.69, 9.17) is 4.74 Å². The highest BCUT2D eigenvalue weighted by molar-refractivity contribution is 9.10. The lowest BCUT2D eigenvalue weighted by molar-refractivity contribution is 0.0520. The van der Waals surface area contributed by atoms with Gasteiger partial charge in [-0.25, -0.2) is 9.78 Å². The van der Waals surface area contributed by atoms with Crippen molar-refractivity contribution in [3.05, 3.63) is 51.5 Å². The zero-order valence-corrected chi connectivity index (χ0v) is 12.3. The van der Waals surface area contributed by atoms with Crippen molar-refractivity contribution in [3.63, 3.8) is 0 Å². The molecule has 1 aromatic carbocycles. The Balaban J connectivity index is 2.49. The van der Waals surface area contributed by atoms with E-state index in [-0.39, 0.29) is 18.0 Å². The highest BCUT2D eigenvalue weighted by atomic mass is 79.9. The summed E-state index contributed by atoms with van der Waals surface area (Å²) < 4.78 is 5.77. The number of hydrogen-bond acceptors (Lipinski definition) is 5. The van der Waals surface area contributed by atoms with E-state index in [1.54, 1.807) is 13.0 Å². The predicted molar refractivity (Wildman–Crippen MR) is 78.8 cm³/mol. The van der Waals surface area contributed by atoms with Crippen LogP contribution >= 0.6 is 15.9 Å². The molecule has 0 atom stereocenters. The largest absolute Gasteiger partial charge is 0.461 e. The van der Waals surface area contributed by atoms with Crippen molar-refractivity contribution in [1.82, 2.24) is 4.98 Å². The first-order valence-corrected chi connectivity index (χ1v) is 6.72. The van der Waals surface area contributed by atoms with Crippen LogP contribution in [0.25, 0.3) is 11.3 Å². The molecule has 0 saturated carbocycles. The van der Waals surface area contributed by atoms with E-state index in [2.05, 4.69) is 26.1 Å². The summed E-state index contributed by atoms with van der Waals surface area (Å²) in [6.45, 7) is 1.89. The Morgan fingerprint density at radius 3 is 2.80 bits per heavy atom. The number of benzene rings is 1. The molecule has 0 saturated heterocycles. The SMILES string of the molecule is CCOC(=O)c1nc(-c2cccc(Br)c2)ccc1N=O.